The van der Waals surface area contributed by atoms with Crippen LogP contribution in [0.5, 0.6) is 0 Å². The normalized spacial score (nSPS) is 20.8. The lowest BCUT2D eigenvalue weighted by atomic mass is 9.93. The van der Waals surface area contributed by atoms with Gasteiger partial charge in [-0.15, -0.1) is 0 Å². The Kier molecular flexibility index (Phi) is 7.24. The summed E-state index contributed by atoms with van der Waals surface area (Å²) in [6.45, 7) is 4.72. The molecule has 0 radical (unpaired) electrons. The minimum Gasteiger partial charge on any atom is -0.357 e. The molecule has 0 saturated carbocycles. The van der Waals surface area contributed by atoms with Crippen molar-refractivity contribution in [2.75, 3.05) is 37.6 Å². The Hall–Kier alpha value is -2.11. The van der Waals surface area contributed by atoms with E-state index in [0.29, 0.717) is 17.6 Å². The molecule has 1 amide bonds. The molecule has 0 unspecified atom stereocenters. The maximum absolute atomic E-state index is 12.7. The molecule has 1 N–H and O–H groups in total. The number of anilines is 1. The van der Waals surface area contributed by atoms with Gasteiger partial charge < -0.3 is 10.2 Å². The number of pyridine rings is 1. The van der Waals surface area contributed by atoms with Gasteiger partial charge in [0.25, 0.3) is 0 Å². The summed E-state index contributed by atoms with van der Waals surface area (Å²) in [7, 11) is 0. The molecule has 160 valence electrons. The number of halogens is 1. The van der Waals surface area contributed by atoms with Gasteiger partial charge in [-0.25, -0.2) is 4.98 Å². The zero-order chi connectivity index (χ0) is 20.8. The van der Waals surface area contributed by atoms with Crippen molar-refractivity contribution in [1.29, 1.82) is 0 Å². The first-order valence-corrected chi connectivity index (χ1v) is 11.5. The number of aromatic nitrogens is 1. The van der Waals surface area contributed by atoms with Gasteiger partial charge in [-0.2, -0.15) is 0 Å². The largest absolute Gasteiger partial charge is 0.357 e. The number of nitrogens with one attached hydrogen (secondary N) is 1. The maximum Gasteiger partial charge on any atom is 0.224 e. The molecule has 4 rings (SSSR count). The van der Waals surface area contributed by atoms with Crippen LogP contribution in [0.25, 0.3) is 0 Å². The molecule has 0 aliphatic carbocycles. The highest BCUT2D eigenvalue weighted by atomic mass is 35.5. The number of nitrogens with zero attached hydrogens (tertiary/aromatic N) is 3. The number of likely N-dealkylation sites (tertiary alicyclic amines) is 1. The highest BCUT2D eigenvalue weighted by Crippen LogP contribution is 2.26. The van der Waals surface area contributed by atoms with Crippen molar-refractivity contribution in [3.8, 4) is 0 Å². The third kappa shape index (κ3) is 5.52. The Bertz CT molecular complexity index is 806. The summed E-state index contributed by atoms with van der Waals surface area (Å²) in [4.78, 5) is 22.1. The summed E-state index contributed by atoms with van der Waals surface area (Å²) < 4.78 is 0. The van der Waals surface area contributed by atoms with Crippen LogP contribution in [-0.2, 0) is 11.2 Å². The van der Waals surface area contributed by atoms with E-state index in [2.05, 4.69) is 32.2 Å². The second kappa shape index (κ2) is 10.3. The van der Waals surface area contributed by atoms with E-state index < -0.39 is 0 Å². The molecule has 2 aliphatic rings. The molecule has 2 saturated heterocycles. The second-order valence-electron chi connectivity index (χ2n) is 8.41. The maximum atomic E-state index is 12.7. The van der Waals surface area contributed by atoms with Crippen LogP contribution in [-0.4, -0.2) is 54.6 Å². The van der Waals surface area contributed by atoms with Crippen LogP contribution in [0.4, 0.5) is 5.82 Å². The van der Waals surface area contributed by atoms with Crippen LogP contribution in [0.3, 0.4) is 0 Å². The van der Waals surface area contributed by atoms with Crippen molar-refractivity contribution in [2.45, 2.75) is 38.1 Å². The highest BCUT2D eigenvalue weighted by Gasteiger charge is 2.31. The predicted octanol–water partition coefficient (Wildman–Crippen LogP) is 3.77. The van der Waals surface area contributed by atoms with E-state index >= 15 is 0 Å². The fraction of sp³-hybridized carbons (Fsp3) is 0.500. The molecular weight excluding hydrogens is 396 g/mol. The number of hydrogen-bond acceptors (Lipinski definition) is 4. The van der Waals surface area contributed by atoms with E-state index in [0.717, 1.165) is 64.1 Å². The minimum atomic E-state index is 0.116. The number of piperidine rings is 2. The average Bonchev–Trinajstić information content (AvgIpc) is 2.80. The number of amides is 1. The van der Waals surface area contributed by atoms with E-state index in [4.69, 9.17) is 11.6 Å². The standard InChI is InChI=1S/C24H31ClN4O/c25-21-8-9-23(27-17-21)28-15-11-22(12-16-28)29-14-4-7-20(18-29)24(30)26-13-10-19-5-2-1-3-6-19/h1-3,5-6,8-9,17,20,22H,4,7,10-16,18H2,(H,26,30)/t20-/m1/s1. The number of rotatable bonds is 6. The quantitative estimate of drug-likeness (QED) is 0.763. The molecule has 30 heavy (non-hydrogen) atoms. The van der Waals surface area contributed by atoms with Crippen molar-refractivity contribution < 1.29 is 4.79 Å². The Morgan fingerprint density at radius 3 is 2.60 bits per heavy atom. The van der Waals surface area contributed by atoms with Crippen LogP contribution < -0.4 is 10.2 Å². The van der Waals surface area contributed by atoms with Crippen molar-refractivity contribution >= 4 is 23.3 Å². The first-order valence-electron chi connectivity index (χ1n) is 11.1. The minimum absolute atomic E-state index is 0.116. The van der Waals surface area contributed by atoms with Gasteiger partial charge in [-0.3, -0.25) is 9.69 Å². The molecule has 1 aromatic heterocycles. The van der Waals surface area contributed by atoms with E-state index in [-0.39, 0.29) is 11.8 Å². The monoisotopic (exact) mass is 426 g/mol. The number of hydrogen-bond donors (Lipinski definition) is 1. The molecule has 1 aromatic carbocycles. The van der Waals surface area contributed by atoms with Gasteiger partial charge in [0.05, 0.1) is 10.9 Å². The van der Waals surface area contributed by atoms with Gasteiger partial charge in [0.1, 0.15) is 5.82 Å². The molecule has 2 fully saturated rings. The zero-order valence-corrected chi connectivity index (χ0v) is 18.2. The lowest BCUT2D eigenvalue weighted by molar-refractivity contribution is -0.127. The Morgan fingerprint density at radius 2 is 1.87 bits per heavy atom. The van der Waals surface area contributed by atoms with Gasteiger partial charge in [0, 0.05) is 38.4 Å². The summed E-state index contributed by atoms with van der Waals surface area (Å²) in [6, 6.07) is 14.8. The summed E-state index contributed by atoms with van der Waals surface area (Å²) >= 11 is 5.96. The molecular formula is C24H31ClN4O. The molecule has 6 heteroatoms. The molecule has 0 bridgehead atoms. The van der Waals surface area contributed by atoms with Gasteiger partial charge in [0.2, 0.25) is 5.91 Å². The SMILES string of the molecule is O=C(NCCc1ccccc1)[C@@H]1CCCN(C2CCN(c3ccc(Cl)cn3)CC2)C1. The molecule has 2 aliphatic heterocycles. The molecule has 1 atom stereocenters. The summed E-state index contributed by atoms with van der Waals surface area (Å²) in [5.41, 5.74) is 1.27. The van der Waals surface area contributed by atoms with Gasteiger partial charge in [-0.1, -0.05) is 41.9 Å². The van der Waals surface area contributed by atoms with E-state index in [1.807, 2.05) is 30.3 Å². The zero-order valence-electron chi connectivity index (χ0n) is 17.5. The molecule has 3 heterocycles. The number of carbonyl (C=O) groups is 1. The lowest BCUT2D eigenvalue weighted by Crippen LogP contribution is -2.51. The van der Waals surface area contributed by atoms with Crippen LogP contribution >= 0.6 is 11.6 Å². The van der Waals surface area contributed by atoms with Gasteiger partial charge in [-0.05, 0) is 56.3 Å². The topological polar surface area (TPSA) is 48.5 Å². The molecule has 5 nitrogen and oxygen atoms in total. The number of carbonyl (C=O) groups excluding carboxylic acids is 1. The first kappa shape index (κ1) is 21.1. The van der Waals surface area contributed by atoms with Crippen molar-refractivity contribution in [2.24, 2.45) is 5.92 Å². The van der Waals surface area contributed by atoms with Crippen LogP contribution in [0.15, 0.2) is 48.7 Å². The van der Waals surface area contributed by atoms with Crippen molar-refractivity contribution in [1.82, 2.24) is 15.2 Å². The Labute approximate surface area is 184 Å². The summed E-state index contributed by atoms with van der Waals surface area (Å²) in [5.74, 6) is 1.34. The van der Waals surface area contributed by atoms with Gasteiger partial charge in [0.15, 0.2) is 0 Å². The van der Waals surface area contributed by atoms with Gasteiger partial charge >= 0.3 is 0 Å². The van der Waals surface area contributed by atoms with E-state index in [9.17, 15) is 4.79 Å². The Balaban J connectivity index is 1.23. The molecule has 2 aromatic rings. The van der Waals surface area contributed by atoms with Crippen LogP contribution in [0.2, 0.25) is 5.02 Å². The predicted molar refractivity (Wildman–Crippen MR) is 122 cm³/mol. The lowest BCUT2D eigenvalue weighted by Gasteiger charge is -2.42. The fourth-order valence-electron chi connectivity index (χ4n) is 4.69. The van der Waals surface area contributed by atoms with Crippen molar-refractivity contribution in [3.63, 3.8) is 0 Å². The summed E-state index contributed by atoms with van der Waals surface area (Å²) in [5, 5.41) is 3.84. The Morgan fingerprint density at radius 1 is 1.07 bits per heavy atom. The first-order chi connectivity index (χ1) is 14.7. The second-order valence-corrected chi connectivity index (χ2v) is 8.85. The van der Waals surface area contributed by atoms with Crippen molar-refractivity contribution in [3.05, 3.63) is 59.2 Å². The fourth-order valence-corrected chi connectivity index (χ4v) is 4.80. The van der Waals surface area contributed by atoms with Crippen LogP contribution in [0.1, 0.15) is 31.2 Å². The number of benzene rings is 1. The third-order valence-electron chi connectivity index (χ3n) is 6.40. The average molecular weight is 427 g/mol. The van der Waals surface area contributed by atoms with E-state index in [1.165, 1.54) is 5.56 Å². The highest BCUT2D eigenvalue weighted by molar-refractivity contribution is 6.30. The van der Waals surface area contributed by atoms with E-state index in [1.54, 1.807) is 6.20 Å². The smallest absolute Gasteiger partial charge is 0.224 e. The molecule has 0 spiro atoms. The summed E-state index contributed by atoms with van der Waals surface area (Å²) in [6.07, 6.45) is 6.95. The van der Waals surface area contributed by atoms with Crippen LogP contribution in [0, 0.1) is 5.92 Å². The third-order valence-corrected chi connectivity index (χ3v) is 6.62.